The normalized spacial score (nSPS) is 11.5. The second kappa shape index (κ2) is 6.93. The third-order valence-corrected chi connectivity index (χ3v) is 2.84. The molecule has 19 heavy (non-hydrogen) atoms. The quantitative estimate of drug-likeness (QED) is 0.342. The Labute approximate surface area is 117 Å². The van der Waals surface area contributed by atoms with Crippen LogP contribution in [0.25, 0.3) is 0 Å². The molecule has 104 valence electrons. The number of carbonyl (C=O) groups is 1. The van der Waals surface area contributed by atoms with E-state index in [1.807, 2.05) is 0 Å². The highest BCUT2D eigenvalue weighted by Crippen LogP contribution is 2.31. The van der Waals surface area contributed by atoms with Gasteiger partial charge in [-0.1, -0.05) is 15.9 Å². The molecule has 0 heterocycles. The number of halogens is 1. The van der Waals surface area contributed by atoms with Gasteiger partial charge in [-0.3, -0.25) is 14.9 Å². The number of nitro benzene ring substituents is 1. The number of ether oxygens (including phenoxy) is 3. The maximum Gasteiger partial charge on any atom is 0.322 e. The molecule has 0 saturated carbocycles. The third-order valence-electron chi connectivity index (χ3n) is 2.20. The molecule has 1 aromatic rings. The minimum Gasteiger partial charge on any atom is -0.493 e. The Kier molecular flexibility index (Phi) is 5.56. The van der Waals surface area contributed by atoms with Gasteiger partial charge in [0.2, 0.25) is 0 Å². The molecule has 1 aromatic carbocycles. The molecular formula is C11H12BrNO6. The van der Waals surface area contributed by atoms with Crippen molar-refractivity contribution in [3.05, 3.63) is 28.3 Å². The number of methoxy groups -OCH3 is 2. The van der Waals surface area contributed by atoms with Gasteiger partial charge in [0.15, 0.2) is 11.5 Å². The Morgan fingerprint density at radius 1 is 1.42 bits per heavy atom. The number of nitrogens with zero attached hydrogens (tertiary/aromatic N) is 1. The molecule has 0 aliphatic heterocycles. The van der Waals surface area contributed by atoms with Gasteiger partial charge in [0.1, 0.15) is 11.4 Å². The van der Waals surface area contributed by atoms with E-state index in [2.05, 4.69) is 20.7 Å². The largest absolute Gasteiger partial charge is 0.493 e. The Hall–Kier alpha value is -1.83. The van der Waals surface area contributed by atoms with Gasteiger partial charge in [-0.05, 0) is 6.07 Å². The molecule has 7 nitrogen and oxygen atoms in total. The number of esters is 1. The maximum absolute atomic E-state index is 11.2. The number of hydrogen-bond donors (Lipinski definition) is 0. The first kappa shape index (κ1) is 15.2. The van der Waals surface area contributed by atoms with E-state index in [0.29, 0.717) is 5.75 Å². The molecule has 0 aliphatic carbocycles. The van der Waals surface area contributed by atoms with E-state index >= 15 is 0 Å². The van der Waals surface area contributed by atoms with Crippen LogP contribution in [0.2, 0.25) is 0 Å². The van der Waals surface area contributed by atoms with Crippen molar-refractivity contribution in [2.24, 2.45) is 0 Å². The zero-order chi connectivity index (χ0) is 14.4. The summed E-state index contributed by atoms with van der Waals surface area (Å²) in [6, 6.07) is 3.95. The number of rotatable bonds is 6. The van der Waals surface area contributed by atoms with Crippen molar-refractivity contribution in [3.8, 4) is 11.5 Å². The van der Waals surface area contributed by atoms with Crippen LogP contribution in [-0.2, 0) is 9.53 Å². The zero-order valence-electron chi connectivity index (χ0n) is 10.3. The SMILES string of the molecule is COC(=O)C(Br)COc1ccc([N+](=O)[O-])cc1OC. The van der Waals surface area contributed by atoms with E-state index in [4.69, 9.17) is 9.47 Å². The zero-order valence-corrected chi connectivity index (χ0v) is 11.9. The minimum atomic E-state index is -0.627. The van der Waals surface area contributed by atoms with Crippen molar-refractivity contribution in [2.45, 2.75) is 4.83 Å². The molecule has 0 fully saturated rings. The van der Waals surface area contributed by atoms with Crippen LogP contribution >= 0.6 is 15.9 Å². The van der Waals surface area contributed by atoms with E-state index in [1.165, 1.54) is 32.4 Å². The van der Waals surface area contributed by atoms with Gasteiger partial charge >= 0.3 is 5.97 Å². The van der Waals surface area contributed by atoms with Gasteiger partial charge in [0.05, 0.1) is 25.2 Å². The lowest BCUT2D eigenvalue weighted by Gasteiger charge is -2.12. The van der Waals surface area contributed by atoms with Crippen LogP contribution in [0.5, 0.6) is 11.5 Å². The van der Waals surface area contributed by atoms with Crippen molar-refractivity contribution in [1.82, 2.24) is 0 Å². The number of alkyl halides is 1. The minimum absolute atomic E-state index is 0.0147. The highest BCUT2D eigenvalue weighted by molar-refractivity contribution is 9.10. The summed E-state index contributed by atoms with van der Waals surface area (Å²) in [6.45, 7) is 0.0147. The molecule has 1 atom stereocenters. The monoisotopic (exact) mass is 333 g/mol. The van der Waals surface area contributed by atoms with Crippen molar-refractivity contribution >= 4 is 27.6 Å². The van der Waals surface area contributed by atoms with Gasteiger partial charge < -0.3 is 14.2 Å². The van der Waals surface area contributed by atoms with E-state index < -0.39 is 15.7 Å². The smallest absolute Gasteiger partial charge is 0.322 e. The fourth-order valence-electron chi connectivity index (χ4n) is 1.25. The summed E-state index contributed by atoms with van der Waals surface area (Å²) in [5.41, 5.74) is -0.104. The van der Waals surface area contributed by atoms with Crippen LogP contribution in [-0.4, -0.2) is 36.5 Å². The number of non-ortho nitro benzene ring substituents is 1. The Bertz CT molecular complexity index is 478. The molecule has 1 rings (SSSR count). The summed E-state index contributed by atoms with van der Waals surface area (Å²) >= 11 is 3.10. The van der Waals surface area contributed by atoms with Crippen molar-refractivity contribution in [2.75, 3.05) is 20.8 Å². The lowest BCUT2D eigenvalue weighted by Crippen LogP contribution is -2.23. The molecule has 0 spiro atoms. The number of carbonyl (C=O) groups excluding carboxylic acids is 1. The second-order valence-electron chi connectivity index (χ2n) is 3.39. The second-order valence-corrected chi connectivity index (χ2v) is 4.50. The van der Waals surface area contributed by atoms with Gasteiger partial charge in [-0.2, -0.15) is 0 Å². The molecule has 0 radical (unpaired) electrons. The fourth-order valence-corrected chi connectivity index (χ4v) is 1.57. The third kappa shape index (κ3) is 4.09. The van der Waals surface area contributed by atoms with Crippen LogP contribution in [0.15, 0.2) is 18.2 Å². The fraction of sp³-hybridized carbons (Fsp3) is 0.364. The molecular weight excluding hydrogens is 322 g/mol. The average Bonchev–Trinajstić information content (AvgIpc) is 2.43. The van der Waals surface area contributed by atoms with Gasteiger partial charge in [0, 0.05) is 6.07 Å². The number of hydrogen-bond acceptors (Lipinski definition) is 6. The maximum atomic E-state index is 11.2. The highest BCUT2D eigenvalue weighted by atomic mass is 79.9. The lowest BCUT2D eigenvalue weighted by atomic mass is 10.3. The van der Waals surface area contributed by atoms with Crippen molar-refractivity contribution in [1.29, 1.82) is 0 Å². The van der Waals surface area contributed by atoms with Crippen molar-refractivity contribution in [3.63, 3.8) is 0 Å². The van der Waals surface area contributed by atoms with Crippen LogP contribution in [0.3, 0.4) is 0 Å². The van der Waals surface area contributed by atoms with Crippen LogP contribution < -0.4 is 9.47 Å². The summed E-state index contributed by atoms with van der Waals surface area (Å²) in [5.74, 6) is 0.0566. The van der Waals surface area contributed by atoms with E-state index in [-0.39, 0.29) is 18.0 Å². The molecule has 0 amide bonds. The van der Waals surface area contributed by atoms with Gasteiger partial charge in [-0.15, -0.1) is 0 Å². The Morgan fingerprint density at radius 3 is 2.63 bits per heavy atom. The molecule has 0 bridgehead atoms. The summed E-state index contributed by atoms with van der Waals surface area (Å²) < 4.78 is 14.9. The highest BCUT2D eigenvalue weighted by Gasteiger charge is 2.18. The topological polar surface area (TPSA) is 87.9 Å². The van der Waals surface area contributed by atoms with Crippen LogP contribution in [0.1, 0.15) is 0 Å². The molecule has 0 aromatic heterocycles. The molecule has 0 aliphatic rings. The van der Waals surface area contributed by atoms with Crippen LogP contribution in [0, 0.1) is 10.1 Å². The van der Waals surface area contributed by atoms with Gasteiger partial charge in [0.25, 0.3) is 5.69 Å². The predicted octanol–water partition coefficient (Wildman–Crippen LogP) is 1.92. The molecule has 8 heteroatoms. The predicted molar refractivity (Wildman–Crippen MR) is 69.9 cm³/mol. The summed E-state index contributed by atoms with van der Waals surface area (Å²) in [6.07, 6.45) is 0. The number of benzene rings is 1. The summed E-state index contributed by atoms with van der Waals surface area (Å²) in [7, 11) is 2.64. The van der Waals surface area contributed by atoms with Crippen molar-refractivity contribution < 1.29 is 23.9 Å². The average molecular weight is 334 g/mol. The first-order chi connectivity index (χ1) is 8.99. The van der Waals surface area contributed by atoms with Gasteiger partial charge in [-0.25, -0.2) is 0 Å². The van der Waals surface area contributed by atoms with E-state index in [9.17, 15) is 14.9 Å². The first-order valence-electron chi connectivity index (χ1n) is 5.16. The Balaban J connectivity index is 2.78. The summed E-state index contributed by atoms with van der Waals surface area (Å²) in [5, 5.41) is 10.6. The standard InChI is InChI=1S/C11H12BrNO6/c1-17-10-5-7(13(15)16)3-4-9(10)19-6-8(12)11(14)18-2/h3-5,8H,6H2,1-2H3. The number of nitro groups is 1. The molecule has 0 N–H and O–H groups in total. The molecule has 0 saturated heterocycles. The molecule has 1 unspecified atom stereocenters. The first-order valence-corrected chi connectivity index (χ1v) is 6.08. The summed E-state index contributed by atoms with van der Waals surface area (Å²) in [4.78, 5) is 20.6. The van der Waals surface area contributed by atoms with E-state index in [1.54, 1.807) is 0 Å². The van der Waals surface area contributed by atoms with E-state index in [0.717, 1.165) is 0 Å². The lowest BCUT2D eigenvalue weighted by molar-refractivity contribution is -0.385. The Morgan fingerprint density at radius 2 is 2.11 bits per heavy atom. The van der Waals surface area contributed by atoms with Crippen LogP contribution in [0.4, 0.5) is 5.69 Å².